The Bertz CT molecular complexity index is 629. The highest BCUT2D eigenvalue weighted by molar-refractivity contribution is 9.10. The Balaban J connectivity index is 2.22. The molecule has 106 valence electrons. The van der Waals surface area contributed by atoms with E-state index in [1.165, 1.54) is 0 Å². The lowest BCUT2D eigenvalue weighted by Gasteiger charge is -2.14. The Morgan fingerprint density at radius 1 is 1.10 bits per heavy atom. The summed E-state index contributed by atoms with van der Waals surface area (Å²) in [6.07, 6.45) is 0. The normalized spacial score (nSPS) is 10.7. The van der Waals surface area contributed by atoms with Gasteiger partial charge in [-0.1, -0.05) is 45.2 Å². The third-order valence-electron chi connectivity index (χ3n) is 2.85. The van der Waals surface area contributed by atoms with Crippen LogP contribution in [0.5, 0.6) is 5.75 Å². The first kappa shape index (κ1) is 16.0. The lowest BCUT2D eigenvalue weighted by molar-refractivity contribution is 0.301. The molecule has 0 spiro atoms. The van der Waals surface area contributed by atoms with Gasteiger partial charge in [-0.2, -0.15) is 0 Å². The molecule has 0 aliphatic heterocycles. The van der Waals surface area contributed by atoms with Gasteiger partial charge in [0, 0.05) is 25.6 Å². The minimum absolute atomic E-state index is 0.377. The van der Waals surface area contributed by atoms with Crippen LogP contribution in [0.1, 0.15) is 16.7 Å². The fourth-order valence-corrected chi connectivity index (χ4v) is 3.18. The Kier molecular flexibility index (Phi) is 5.62. The highest BCUT2D eigenvalue weighted by atomic mass is 79.9. The minimum atomic E-state index is 0.377. The molecule has 2 rings (SSSR count). The van der Waals surface area contributed by atoms with Crippen molar-refractivity contribution in [1.82, 2.24) is 0 Å². The number of ether oxygens (including phenoxy) is 1. The summed E-state index contributed by atoms with van der Waals surface area (Å²) >= 11 is 21.4. The Morgan fingerprint density at radius 2 is 1.85 bits per heavy atom. The molecule has 0 N–H and O–H groups in total. The fourth-order valence-electron chi connectivity index (χ4n) is 1.89. The van der Waals surface area contributed by atoms with Gasteiger partial charge in [0.15, 0.2) is 0 Å². The van der Waals surface area contributed by atoms with Crippen LogP contribution in [0, 0.1) is 6.92 Å². The summed E-state index contributed by atoms with van der Waals surface area (Å²) in [5.41, 5.74) is 2.86. The molecule has 0 aliphatic carbocycles. The van der Waals surface area contributed by atoms with Crippen molar-refractivity contribution in [2.24, 2.45) is 0 Å². The second-order valence-electron chi connectivity index (χ2n) is 4.37. The maximum atomic E-state index is 6.14. The van der Waals surface area contributed by atoms with Crippen LogP contribution in [0.3, 0.4) is 0 Å². The van der Waals surface area contributed by atoms with E-state index in [0.717, 1.165) is 26.9 Å². The molecule has 5 heteroatoms. The van der Waals surface area contributed by atoms with Gasteiger partial charge in [-0.15, -0.1) is 11.6 Å². The molecule has 0 unspecified atom stereocenters. The number of benzene rings is 2. The highest BCUT2D eigenvalue weighted by Gasteiger charge is 2.10. The molecule has 0 saturated heterocycles. The van der Waals surface area contributed by atoms with Gasteiger partial charge in [-0.3, -0.25) is 0 Å². The summed E-state index contributed by atoms with van der Waals surface area (Å²) in [7, 11) is 0. The largest absolute Gasteiger partial charge is 0.488 e. The molecule has 0 aliphatic rings. The zero-order valence-electron chi connectivity index (χ0n) is 10.7. The molecule has 0 aromatic heterocycles. The molecule has 0 amide bonds. The number of hydrogen-bond acceptors (Lipinski definition) is 1. The van der Waals surface area contributed by atoms with E-state index < -0.39 is 0 Å². The third kappa shape index (κ3) is 3.82. The Labute approximate surface area is 141 Å². The lowest BCUT2D eigenvalue weighted by Crippen LogP contribution is -2.00. The van der Waals surface area contributed by atoms with E-state index in [-0.39, 0.29) is 0 Å². The summed E-state index contributed by atoms with van der Waals surface area (Å²) in [5, 5.41) is 1.21. The summed E-state index contributed by atoms with van der Waals surface area (Å²) in [5.74, 6) is 1.19. The maximum absolute atomic E-state index is 6.14. The summed E-state index contributed by atoms with van der Waals surface area (Å²) in [6, 6.07) is 9.31. The van der Waals surface area contributed by atoms with Crippen LogP contribution in [0.25, 0.3) is 0 Å². The van der Waals surface area contributed by atoms with Crippen LogP contribution in [0.4, 0.5) is 0 Å². The lowest BCUT2D eigenvalue weighted by atomic mass is 10.1. The summed E-state index contributed by atoms with van der Waals surface area (Å²) in [4.78, 5) is 0. The van der Waals surface area contributed by atoms with Crippen LogP contribution in [0.15, 0.2) is 34.8 Å². The Morgan fingerprint density at radius 3 is 2.50 bits per heavy atom. The number of halogens is 4. The van der Waals surface area contributed by atoms with Crippen LogP contribution >= 0.6 is 50.7 Å². The van der Waals surface area contributed by atoms with Crippen LogP contribution in [-0.2, 0) is 12.5 Å². The molecule has 0 bridgehead atoms. The van der Waals surface area contributed by atoms with E-state index in [4.69, 9.17) is 39.5 Å². The first-order valence-corrected chi connectivity index (χ1v) is 8.01. The van der Waals surface area contributed by atoms with E-state index >= 15 is 0 Å². The van der Waals surface area contributed by atoms with Gasteiger partial charge in [0.25, 0.3) is 0 Å². The second kappa shape index (κ2) is 7.04. The van der Waals surface area contributed by atoms with Crippen molar-refractivity contribution in [2.45, 2.75) is 19.4 Å². The van der Waals surface area contributed by atoms with E-state index in [2.05, 4.69) is 15.9 Å². The monoisotopic (exact) mass is 392 g/mol. The van der Waals surface area contributed by atoms with Gasteiger partial charge in [-0.25, -0.2) is 0 Å². The molecule has 0 saturated carbocycles. The van der Waals surface area contributed by atoms with Crippen molar-refractivity contribution in [3.8, 4) is 5.75 Å². The SMILES string of the molecule is Cc1cc(Br)cc(CCl)c1OCc1ccc(Cl)cc1Cl. The van der Waals surface area contributed by atoms with E-state index in [1.54, 1.807) is 12.1 Å². The predicted octanol–water partition coefficient (Wildman–Crippen LogP) is 6.38. The number of alkyl halides is 1. The number of hydrogen-bond donors (Lipinski definition) is 0. The summed E-state index contributed by atoms with van der Waals surface area (Å²) in [6.45, 7) is 2.36. The molecule has 20 heavy (non-hydrogen) atoms. The third-order valence-corrected chi connectivity index (χ3v) is 4.18. The quantitative estimate of drug-likeness (QED) is 0.547. The summed E-state index contributed by atoms with van der Waals surface area (Å²) < 4.78 is 6.88. The predicted molar refractivity (Wildman–Crippen MR) is 89.2 cm³/mol. The molecule has 2 aromatic carbocycles. The van der Waals surface area contributed by atoms with Crippen molar-refractivity contribution in [3.63, 3.8) is 0 Å². The Hall–Kier alpha value is -0.410. The smallest absolute Gasteiger partial charge is 0.127 e. The standard InChI is InChI=1S/C15H12BrCl3O/c1-9-4-12(16)5-11(7-17)15(9)20-8-10-2-3-13(18)6-14(10)19/h2-6H,7-8H2,1H3. The van der Waals surface area contributed by atoms with Gasteiger partial charge in [-0.05, 0) is 36.8 Å². The maximum Gasteiger partial charge on any atom is 0.127 e. The van der Waals surface area contributed by atoms with Gasteiger partial charge in [0.05, 0.1) is 5.88 Å². The van der Waals surface area contributed by atoms with E-state index in [9.17, 15) is 0 Å². The molecule has 2 aromatic rings. The molecule has 0 atom stereocenters. The van der Waals surface area contributed by atoms with Crippen LogP contribution < -0.4 is 4.74 Å². The van der Waals surface area contributed by atoms with E-state index in [1.807, 2.05) is 25.1 Å². The van der Waals surface area contributed by atoms with Crippen LogP contribution in [-0.4, -0.2) is 0 Å². The van der Waals surface area contributed by atoms with E-state index in [0.29, 0.717) is 22.5 Å². The van der Waals surface area contributed by atoms with Crippen molar-refractivity contribution in [1.29, 1.82) is 0 Å². The molecular formula is C15H12BrCl3O. The first-order valence-electron chi connectivity index (χ1n) is 5.93. The minimum Gasteiger partial charge on any atom is -0.488 e. The fraction of sp³-hybridized carbons (Fsp3) is 0.200. The highest BCUT2D eigenvalue weighted by Crippen LogP contribution is 2.31. The topological polar surface area (TPSA) is 9.23 Å². The zero-order valence-corrected chi connectivity index (χ0v) is 14.6. The number of rotatable bonds is 4. The first-order chi connectivity index (χ1) is 9.51. The molecule has 0 fully saturated rings. The molecular weight excluding hydrogens is 382 g/mol. The van der Waals surface area contributed by atoms with Gasteiger partial charge in [0.2, 0.25) is 0 Å². The van der Waals surface area contributed by atoms with Crippen molar-refractivity contribution in [2.75, 3.05) is 0 Å². The zero-order chi connectivity index (χ0) is 14.7. The molecule has 1 nitrogen and oxygen atoms in total. The second-order valence-corrected chi connectivity index (χ2v) is 6.40. The molecule has 0 radical (unpaired) electrons. The van der Waals surface area contributed by atoms with Crippen molar-refractivity contribution < 1.29 is 4.74 Å². The average Bonchev–Trinajstić information content (AvgIpc) is 2.38. The van der Waals surface area contributed by atoms with Crippen molar-refractivity contribution >= 4 is 50.7 Å². The van der Waals surface area contributed by atoms with Crippen molar-refractivity contribution in [3.05, 3.63) is 61.5 Å². The van der Waals surface area contributed by atoms with Gasteiger partial charge < -0.3 is 4.74 Å². The number of aryl methyl sites for hydroxylation is 1. The van der Waals surface area contributed by atoms with Crippen LogP contribution in [0.2, 0.25) is 10.0 Å². The van der Waals surface area contributed by atoms with Gasteiger partial charge >= 0.3 is 0 Å². The van der Waals surface area contributed by atoms with Gasteiger partial charge in [0.1, 0.15) is 12.4 Å². The molecule has 0 heterocycles. The average molecular weight is 395 g/mol.